The summed E-state index contributed by atoms with van der Waals surface area (Å²) in [5.74, 6) is -1.53. The SMILES string of the molecule is Cc1cccc(Cl)c1NC(=O)C(c1c(C)cccc1C)N(C(=O)C(CCC(N)=O)NC(=O)OC(C)(C)C)C1CC1. The summed E-state index contributed by atoms with van der Waals surface area (Å²) < 4.78 is 5.39. The lowest BCUT2D eigenvalue weighted by Gasteiger charge is -2.36. The molecule has 0 spiro atoms. The third kappa shape index (κ3) is 7.97. The average molecular weight is 571 g/mol. The van der Waals surface area contributed by atoms with Crippen LogP contribution in [0, 0.1) is 20.8 Å². The van der Waals surface area contributed by atoms with Crippen LogP contribution in [0.4, 0.5) is 10.5 Å². The van der Waals surface area contributed by atoms with Gasteiger partial charge in [-0.3, -0.25) is 14.4 Å². The second kappa shape index (κ2) is 12.7. The number of hydrogen-bond donors (Lipinski definition) is 3. The maximum atomic E-state index is 14.3. The van der Waals surface area contributed by atoms with Gasteiger partial charge >= 0.3 is 6.09 Å². The lowest BCUT2D eigenvalue weighted by Crippen LogP contribution is -2.53. The van der Waals surface area contributed by atoms with Gasteiger partial charge in [0.2, 0.25) is 11.8 Å². The maximum Gasteiger partial charge on any atom is 0.408 e. The monoisotopic (exact) mass is 570 g/mol. The summed E-state index contributed by atoms with van der Waals surface area (Å²) >= 11 is 6.43. The number of nitrogens with one attached hydrogen (secondary N) is 2. The molecule has 0 saturated heterocycles. The third-order valence-electron chi connectivity index (χ3n) is 6.68. The summed E-state index contributed by atoms with van der Waals surface area (Å²) in [5, 5.41) is 5.96. The van der Waals surface area contributed by atoms with Crippen molar-refractivity contribution in [2.75, 3.05) is 5.32 Å². The quantitative estimate of drug-likeness (QED) is 0.366. The minimum atomic E-state index is -1.13. The number of benzene rings is 2. The standard InChI is InChI=1S/C30H39ClN4O5/c1-17-9-7-10-18(2)24(17)26(27(37)34-25-19(3)11-8-12-21(25)31)35(20-13-14-20)28(38)22(15-16-23(32)36)33-29(39)40-30(4,5)6/h7-12,20,22,26H,13-16H2,1-6H3,(H2,32,36)(H,33,39)(H,34,37). The highest BCUT2D eigenvalue weighted by atomic mass is 35.5. The molecule has 2 unspecified atom stereocenters. The maximum absolute atomic E-state index is 14.3. The van der Waals surface area contributed by atoms with Crippen molar-refractivity contribution in [3.8, 4) is 0 Å². The fraction of sp³-hybridized carbons (Fsp3) is 0.467. The van der Waals surface area contributed by atoms with Crippen molar-refractivity contribution in [1.29, 1.82) is 0 Å². The number of amides is 4. The second-order valence-corrected chi connectivity index (χ2v) is 11.7. The molecule has 0 aliphatic heterocycles. The van der Waals surface area contributed by atoms with Crippen molar-refractivity contribution in [3.05, 3.63) is 63.7 Å². The van der Waals surface area contributed by atoms with Crippen molar-refractivity contribution in [2.24, 2.45) is 5.73 Å². The van der Waals surface area contributed by atoms with E-state index in [2.05, 4.69) is 10.6 Å². The van der Waals surface area contributed by atoms with Gasteiger partial charge in [0.05, 0.1) is 10.7 Å². The average Bonchev–Trinajstić information content (AvgIpc) is 3.67. The van der Waals surface area contributed by atoms with Gasteiger partial charge in [-0.1, -0.05) is 41.9 Å². The van der Waals surface area contributed by atoms with E-state index in [1.165, 1.54) is 0 Å². The van der Waals surface area contributed by atoms with Crippen LogP contribution in [0.1, 0.15) is 74.8 Å². The molecule has 40 heavy (non-hydrogen) atoms. The van der Waals surface area contributed by atoms with Crippen LogP contribution in [0.5, 0.6) is 0 Å². The molecule has 0 bridgehead atoms. The van der Waals surface area contributed by atoms with Gasteiger partial charge in [0.25, 0.3) is 5.91 Å². The molecular formula is C30H39ClN4O5. The van der Waals surface area contributed by atoms with Crippen molar-refractivity contribution >= 4 is 41.1 Å². The zero-order valence-corrected chi connectivity index (χ0v) is 24.7. The number of anilines is 1. The highest BCUT2D eigenvalue weighted by Crippen LogP contribution is 2.39. The minimum Gasteiger partial charge on any atom is -0.444 e. The van der Waals surface area contributed by atoms with Crippen molar-refractivity contribution in [1.82, 2.24) is 10.2 Å². The van der Waals surface area contributed by atoms with E-state index < -0.39 is 41.5 Å². The molecule has 3 rings (SSSR count). The molecule has 2 atom stereocenters. The number of aryl methyl sites for hydroxylation is 3. The molecule has 2 aromatic rings. The molecule has 1 aliphatic carbocycles. The number of nitrogens with zero attached hydrogens (tertiary/aromatic N) is 1. The first-order valence-electron chi connectivity index (χ1n) is 13.4. The molecule has 0 radical (unpaired) electrons. The Morgan fingerprint density at radius 1 is 1.02 bits per heavy atom. The van der Waals surface area contributed by atoms with Crippen LogP contribution in [0.2, 0.25) is 5.02 Å². The number of alkyl carbamates (subject to hydrolysis) is 1. The summed E-state index contributed by atoms with van der Waals surface area (Å²) in [4.78, 5) is 54.3. The molecule has 1 fully saturated rings. The Labute approximate surface area is 240 Å². The van der Waals surface area contributed by atoms with Crippen LogP contribution < -0.4 is 16.4 Å². The van der Waals surface area contributed by atoms with Gasteiger partial charge in [0.15, 0.2) is 0 Å². The number of para-hydroxylation sites is 1. The number of hydrogen-bond acceptors (Lipinski definition) is 5. The van der Waals surface area contributed by atoms with Gasteiger partial charge in [-0.05, 0) is 89.1 Å². The van der Waals surface area contributed by atoms with E-state index >= 15 is 0 Å². The Morgan fingerprint density at radius 2 is 1.60 bits per heavy atom. The van der Waals surface area contributed by atoms with Gasteiger partial charge in [-0.15, -0.1) is 0 Å². The fourth-order valence-corrected chi connectivity index (χ4v) is 4.95. The Kier molecular flexibility index (Phi) is 9.84. The molecule has 1 aliphatic rings. The first-order chi connectivity index (χ1) is 18.7. The topological polar surface area (TPSA) is 131 Å². The summed E-state index contributed by atoms with van der Waals surface area (Å²) in [6, 6.07) is 8.61. The Balaban J connectivity index is 2.08. The molecule has 1 saturated carbocycles. The molecule has 2 aromatic carbocycles. The largest absolute Gasteiger partial charge is 0.444 e. The number of ether oxygens (including phenoxy) is 1. The van der Waals surface area contributed by atoms with E-state index in [0.717, 1.165) is 16.7 Å². The smallest absolute Gasteiger partial charge is 0.408 e. The van der Waals surface area contributed by atoms with Crippen molar-refractivity contribution < 1.29 is 23.9 Å². The summed E-state index contributed by atoms with van der Waals surface area (Å²) in [6.45, 7) is 10.7. The van der Waals surface area contributed by atoms with E-state index in [4.69, 9.17) is 22.1 Å². The van der Waals surface area contributed by atoms with Gasteiger partial charge in [-0.2, -0.15) is 0 Å². The summed E-state index contributed by atoms with van der Waals surface area (Å²) in [6.07, 6.45) is 0.414. The van der Waals surface area contributed by atoms with E-state index in [9.17, 15) is 19.2 Å². The number of rotatable bonds is 10. The van der Waals surface area contributed by atoms with Crippen LogP contribution in [0.25, 0.3) is 0 Å². The molecule has 4 amide bonds. The lowest BCUT2D eigenvalue weighted by atomic mass is 9.93. The molecular weight excluding hydrogens is 532 g/mol. The molecule has 216 valence electrons. The highest BCUT2D eigenvalue weighted by molar-refractivity contribution is 6.34. The Hall–Kier alpha value is -3.59. The summed E-state index contributed by atoms with van der Waals surface area (Å²) in [5.41, 5.74) is 8.19. The van der Waals surface area contributed by atoms with Crippen LogP contribution in [0.3, 0.4) is 0 Å². The predicted octanol–water partition coefficient (Wildman–Crippen LogP) is 5.09. The Bertz CT molecular complexity index is 1240. The van der Waals surface area contributed by atoms with Crippen molar-refractivity contribution in [3.63, 3.8) is 0 Å². The molecule has 0 aromatic heterocycles. The van der Waals surface area contributed by atoms with Gasteiger partial charge < -0.3 is 26.0 Å². The van der Waals surface area contributed by atoms with Crippen molar-refractivity contribution in [2.45, 2.75) is 91.0 Å². The number of halogens is 1. The zero-order chi connectivity index (χ0) is 29.8. The normalized spacial score (nSPS) is 14.6. The number of primary amides is 1. The van der Waals surface area contributed by atoms with Gasteiger partial charge in [-0.25, -0.2) is 4.79 Å². The van der Waals surface area contributed by atoms with Crippen LogP contribution in [0.15, 0.2) is 36.4 Å². The third-order valence-corrected chi connectivity index (χ3v) is 6.99. The van der Waals surface area contributed by atoms with E-state index in [1.54, 1.807) is 37.8 Å². The summed E-state index contributed by atoms with van der Waals surface area (Å²) in [7, 11) is 0. The van der Waals surface area contributed by atoms with Crippen LogP contribution in [-0.2, 0) is 19.1 Å². The highest BCUT2D eigenvalue weighted by Gasteiger charge is 2.45. The number of carbonyl (C=O) groups excluding carboxylic acids is 4. The molecule has 0 heterocycles. The van der Waals surface area contributed by atoms with E-state index in [1.807, 2.05) is 45.0 Å². The van der Waals surface area contributed by atoms with E-state index in [0.29, 0.717) is 29.1 Å². The van der Waals surface area contributed by atoms with Crippen LogP contribution in [-0.4, -0.2) is 46.4 Å². The fourth-order valence-electron chi connectivity index (χ4n) is 4.68. The minimum absolute atomic E-state index is 0.0403. The predicted molar refractivity (Wildman–Crippen MR) is 155 cm³/mol. The zero-order valence-electron chi connectivity index (χ0n) is 24.0. The Morgan fingerprint density at radius 3 is 2.12 bits per heavy atom. The molecule has 9 nitrogen and oxygen atoms in total. The van der Waals surface area contributed by atoms with E-state index in [-0.39, 0.29) is 18.9 Å². The molecule has 10 heteroatoms. The van der Waals surface area contributed by atoms with Gasteiger partial charge in [0, 0.05) is 12.5 Å². The number of carbonyl (C=O) groups is 4. The van der Waals surface area contributed by atoms with Crippen LogP contribution >= 0.6 is 11.6 Å². The first-order valence-corrected chi connectivity index (χ1v) is 13.8. The lowest BCUT2D eigenvalue weighted by molar-refractivity contribution is -0.141. The first kappa shape index (κ1) is 30.9. The molecule has 4 N–H and O–H groups in total. The number of nitrogens with two attached hydrogens (primary N) is 1. The second-order valence-electron chi connectivity index (χ2n) is 11.3. The van der Waals surface area contributed by atoms with Gasteiger partial charge in [0.1, 0.15) is 17.7 Å².